The Kier molecular flexibility index (Phi) is 5.84. The molecule has 8 nitrogen and oxygen atoms in total. The molecule has 0 atom stereocenters. The van der Waals surface area contributed by atoms with Crippen LogP contribution in [0.3, 0.4) is 0 Å². The number of rotatable bonds is 5. The number of nitrogens with zero attached hydrogens (tertiary/aromatic N) is 2. The van der Waals surface area contributed by atoms with Crippen LogP contribution in [0.1, 0.15) is 16.8 Å². The zero-order valence-corrected chi connectivity index (χ0v) is 18.6. The van der Waals surface area contributed by atoms with Crippen molar-refractivity contribution in [3.63, 3.8) is 0 Å². The summed E-state index contributed by atoms with van der Waals surface area (Å²) in [6.45, 7) is 1.14. The molecule has 31 heavy (non-hydrogen) atoms. The van der Waals surface area contributed by atoms with Gasteiger partial charge in [0.25, 0.3) is 5.91 Å². The first-order valence-corrected chi connectivity index (χ1v) is 12.2. The minimum absolute atomic E-state index is 0.290. The monoisotopic (exact) mass is 459 g/mol. The summed E-state index contributed by atoms with van der Waals surface area (Å²) in [4.78, 5) is 17.1. The Labute approximate surface area is 184 Å². The van der Waals surface area contributed by atoms with Crippen molar-refractivity contribution in [3.8, 4) is 22.8 Å². The van der Waals surface area contributed by atoms with E-state index in [4.69, 9.17) is 9.47 Å². The van der Waals surface area contributed by atoms with Crippen molar-refractivity contribution >= 4 is 38.1 Å². The van der Waals surface area contributed by atoms with E-state index in [2.05, 4.69) is 10.3 Å². The number of anilines is 2. The third kappa shape index (κ3) is 4.80. The number of benzene rings is 2. The maximum atomic E-state index is 12.6. The quantitative estimate of drug-likeness (QED) is 0.626. The minimum Gasteiger partial charge on any atom is -0.490 e. The van der Waals surface area contributed by atoms with Gasteiger partial charge in [0.15, 0.2) is 16.6 Å². The number of thiazole rings is 1. The van der Waals surface area contributed by atoms with Gasteiger partial charge in [-0.05, 0) is 30.3 Å². The zero-order valence-electron chi connectivity index (χ0n) is 17.0. The fourth-order valence-electron chi connectivity index (χ4n) is 2.97. The second-order valence-corrected chi connectivity index (χ2v) is 9.85. The summed E-state index contributed by atoms with van der Waals surface area (Å²) in [5.41, 5.74) is 2.52. The normalized spacial score (nSPS) is 13.4. The van der Waals surface area contributed by atoms with Crippen molar-refractivity contribution in [2.75, 3.05) is 36.1 Å². The molecule has 10 heteroatoms. The van der Waals surface area contributed by atoms with Gasteiger partial charge < -0.3 is 9.47 Å². The lowest BCUT2D eigenvalue weighted by atomic mass is 10.1. The minimum atomic E-state index is -3.32. The lowest BCUT2D eigenvalue weighted by Crippen LogP contribution is -2.24. The highest BCUT2D eigenvalue weighted by molar-refractivity contribution is 7.92. The number of ether oxygens (including phenoxy) is 2. The standard InChI is InChI=1S/C21H21N3O5S2/c1-24(31(2,26)27)16-7-4-14(5-8-16)17-13-30-21(22-17)23-20(25)15-6-9-18-19(12-15)29-11-3-10-28-18/h4-9,12-13H,3,10-11H2,1-2H3,(H,22,23,25). The summed E-state index contributed by atoms with van der Waals surface area (Å²) in [7, 11) is -1.82. The molecule has 1 amide bonds. The first kappa shape index (κ1) is 21.1. The highest BCUT2D eigenvalue weighted by Crippen LogP contribution is 2.31. The molecule has 0 fully saturated rings. The molecule has 2 aromatic carbocycles. The molecule has 0 bridgehead atoms. The summed E-state index contributed by atoms with van der Waals surface area (Å²) in [6.07, 6.45) is 1.95. The van der Waals surface area contributed by atoms with E-state index in [9.17, 15) is 13.2 Å². The molecule has 1 N–H and O–H groups in total. The van der Waals surface area contributed by atoms with Crippen LogP contribution in [-0.4, -0.2) is 45.8 Å². The first-order valence-electron chi connectivity index (χ1n) is 9.52. The van der Waals surface area contributed by atoms with Crippen LogP contribution >= 0.6 is 11.3 Å². The van der Waals surface area contributed by atoms with E-state index in [1.54, 1.807) is 42.5 Å². The number of carbonyl (C=O) groups excluding carboxylic acids is 1. The molecule has 2 heterocycles. The topological polar surface area (TPSA) is 97.8 Å². The van der Waals surface area contributed by atoms with E-state index < -0.39 is 10.0 Å². The van der Waals surface area contributed by atoms with Crippen LogP contribution in [-0.2, 0) is 10.0 Å². The molecule has 0 aliphatic carbocycles. The molecule has 4 rings (SSSR count). The summed E-state index contributed by atoms with van der Waals surface area (Å²) in [5, 5.41) is 5.10. The van der Waals surface area contributed by atoms with Crippen LogP contribution in [0.2, 0.25) is 0 Å². The van der Waals surface area contributed by atoms with Gasteiger partial charge in [-0.25, -0.2) is 13.4 Å². The fraction of sp³-hybridized carbons (Fsp3) is 0.238. The van der Waals surface area contributed by atoms with E-state index in [1.807, 2.05) is 5.38 Å². The van der Waals surface area contributed by atoms with E-state index >= 15 is 0 Å². The average Bonchev–Trinajstić information content (AvgIpc) is 3.08. The van der Waals surface area contributed by atoms with Gasteiger partial charge in [0.1, 0.15) is 0 Å². The van der Waals surface area contributed by atoms with E-state index in [0.29, 0.717) is 46.8 Å². The smallest absolute Gasteiger partial charge is 0.257 e. The number of fused-ring (bicyclic) bond motifs is 1. The van der Waals surface area contributed by atoms with Crippen molar-refractivity contribution < 1.29 is 22.7 Å². The molecule has 0 saturated carbocycles. The molecule has 1 aliphatic heterocycles. The molecule has 1 aromatic heterocycles. The summed E-state index contributed by atoms with van der Waals surface area (Å²) in [5.74, 6) is 0.904. The Morgan fingerprint density at radius 2 is 1.81 bits per heavy atom. The number of carbonyl (C=O) groups is 1. The second kappa shape index (κ2) is 8.56. The maximum absolute atomic E-state index is 12.6. The summed E-state index contributed by atoms with van der Waals surface area (Å²) < 4.78 is 35.8. The Hall–Kier alpha value is -3.11. The van der Waals surface area contributed by atoms with Crippen molar-refractivity contribution in [2.24, 2.45) is 0 Å². The van der Waals surface area contributed by atoms with Gasteiger partial charge >= 0.3 is 0 Å². The maximum Gasteiger partial charge on any atom is 0.257 e. The van der Waals surface area contributed by atoms with Gasteiger partial charge in [0.05, 0.1) is 30.9 Å². The predicted molar refractivity (Wildman–Crippen MR) is 121 cm³/mol. The first-order chi connectivity index (χ1) is 14.8. The van der Waals surface area contributed by atoms with Crippen LogP contribution < -0.4 is 19.1 Å². The Balaban J connectivity index is 1.47. The van der Waals surface area contributed by atoms with Crippen LogP contribution in [0.4, 0.5) is 10.8 Å². The number of nitrogens with one attached hydrogen (secondary N) is 1. The third-order valence-electron chi connectivity index (χ3n) is 4.76. The van der Waals surface area contributed by atoms with E-state index in [0.717, 1.165) is 18.2 Å². The Morgan fingerprint density at radius 3 is 2.52 bits per heavy atom. The van der Waals surface area contributed by atoms with Crippen LogP contribution in [0, 0.1) is 0 Å². The lowest BCUT2D eigenvalue weighted by molar-refractivity contribution is 0.102. The number of amides is 1. The molecule has 3 aromatic rings. The van der Waals surface area contributed by atoms with Crippen molar-refractivity contribution in [2.45, 2.75) is 6.42 Å². The Morgan fingerprint density at radius 1 is 1.10 bits per heavy atom. The average molecular weight is 460 g/mol. The van der Waals surface area contributed by atoms with Crippen LogP contribution in [0.25, 0.3) is 11.3 Å². The van der Waals surface area contributed by atoms with Gasteiger partial charge in [-0.15, -0.1) is 11.3 Å². The molecule has 1 aliphatic rings. The van der Waals surface area contributed by atoms with E-state index in [-0.39, 0.29) is 5.91 Å². The fourth-order valence-corrected chi connectivity index (χ4v) is 4.19. The highest BCUT2D eigenvalue weighted by atomic mass is 32.2. The van der Waals surface area contributed by atoms with Gasteiger partial charge in [0.2, 0.25) is 10.0 Å². The number of sulfonamides is 1. The molecule has 162 valence electrons. The van der Waals surface area contributed by atoms with E-state index in [1.165, 1.54) is 22.7 Å². The summed E-state index contributed by atoms with van der Waals surface area (Å²) in [6, 6.07) is 12.1. The van der Waals surface area contributed by atoms with Gasteiger partial charge in [-0.3, -0.25) is 14.4 Å². The molecular weight excluding hydrogens is 438 g/mol. The molecule has 0 spiro atoms. The molecule has 0 radical (unpaired) electrons. The van der Waals surface area contributed by atoms with Crippen molar-refractivity contribution in [1.82, 2.24) is 4.98 Å². The van der Waals surface area contributed by atoms with Crippen LogP contribution in [0.15, 0.2) is 47.8 Å². The number of hydrogen-bond acceptors (Lipinski definition) is 7. The number of hydrogen-bond donors (Lipinski definition) is 1. The zero-order chi connectivity index (χ0) is 22.0. The largest absolute Gasteiger partial charge is 0.490 e. The van der Waals surface area contributed by atoms with Crippen molar-refractivity contribution in [3.05, 3.63) is 53.4 Å². The highest BCUT2D eigenvalue weighted by Gasteiger charge is 2.16. The number of aromatic nitrogens is 1. The predicted octanol–water partition coefficient (Wildman–Crippen LogP) is 3.62. The third-order valence-corrected chi connectivity index (χ3v) is 6.72. The van der Waals surface area contributed by atoms with Gasteiger partial charge in [-0.1, -0.05) is 12.1 Å². The summed E-state index contributed by atoms with van der Waals surface area (Å²) >= 11 is 1.31. The van der Waals surface area contributed by atoms with Gasteiger partial charge in [0, 0.05) is 30.0 Å². The van der Waals surface area contributed by atoms with Crippen LogP contribution in [0.5, 0.6) is 11.5 Å². The Bertz CT molecular complexity index is 1210. The van der Waals surface area contributed by atoms with Crippen molar-refractivity contribution in [1.29, 1.82) is 0 Å². The second-order valence-electron chi connectivity index (χ2n) is 6.98. The molecule has 0 unspecified atom stereocenters. The molecule has 0 saturated heterocycles. The van der Waals surface area contributed by atoms with Gasteiger partial charge in [-0.2, -0.15) is 0 Å². The molecular formula is C21H21N3O5S2. The SMILES string of the molecule is CN(c1ccc(-c2csc(NC(=O)c3ccc4c(c3)OCCCO4)n2)cc1)S(C)(=O)=O. The lowest BCUT2D eigenvalue weighted by Gasteiger charge is -2.16.